The molecule has 12 nitrogen and oxygen atoms in total. The number of allylic oxidation sites excluding steroid dienone is 1. The Labute approximate surface area is 401 Å². The third-order valence-electron chi connectivity index (χ3n) is 13.4. The summed E-state index contributed by atoms with van der Waals surface area (Å²) in [6.45, 7) is 15.4. The Morgan fingerprint density at radius 1 is 0.896 bits per heavy atom. The van der Waals surface area contributed by atoms with Crippen LogP contribution in [0.25, 0.3) is 0 Å². The van der Waals surface area contributed by atoms with Crippen molar-refractivity contribution >= 4 is 18.1 Å². The van der Waals surface area contributed by atoms with E-state index in [9.17, 15) is 19.8 Å². The van der Waals surface area contributed by atoms with Crippen molar-refractivity contribution in [2.75, 3.05) is 40.1 Å². The molecule has 3 aliphatic rings. The highest BCUT2D eigenvalue weighted by Crippen LogP contribution is 2.62. The highest BCUT2D eigenvalue weighted by molar-refractivity contribution is 6.03. The van der Waals surface area contributed by atoms with Crippen LogP contribution in [-0.2, 0) is 14.3 Å². The molecule has 5 rings (SSSR count). The van der Waals surface area contributed by atoms with Gasteiger partial charge in [0.15, 0.2) is 6.29 Å². The van der Waals surface area contributed by atoms with Crippen molar-refractivity contribution in [3.63, 3.8) is 0 Å². The molecule has 67 heavy (non-hydrogen) atoms. The number of aldehydes is 1. The number of methoxy groups -OCH3 is 1. The van der Waals surface area contributed by atoms with Gasteiger partial charge in [-0.2, -0.15) is 0 Å². The summed E-state index contributed by atoms with van der Waals surface area (Å²) in [6, 6.07) is 10.3. The summed E-state index contributed by atoms with van der Waals surface area (Å²) in [7, 11) is 1.52. The van der Waals surface area contributed by atoms with Crippen molar-refractivity contribution < 1.29 is 48.3 Å². The topological polar surface area (TPSA) is 146 Å². The van der Waals surface area contributed by atoms with E-state index in [1.165, 1.54) is 52.1 Å². The van der Waals surface area contributed by atoms with Crippen LogP contribution in [-0.4, -0.2) is 90.7 Å². The van der Waals surface area contributed by atoms with Crippen molar-refractivity contribution in [3.8, 4) is 23.0 Å². The normalized spacial score (nSPS) is 22.5. The van der Waals surface area contributed by atoms with Gasteiger partial charge in [0.1, 0.15) is 34.6 Å². The third kappa shape index (κ3) is 14.3. The molecule has 0 bridgehead atoms. The largest absolute Gasteiger partial charge is 0.496 e. The summed E-state index contributed by atoms with van der Waals surface area (Å²) in [5.74, 6) is 0.125. The lowest BCUT2D eigenvalue weighted by atomic mass is 9.55. The first-order chi connectivity index (χ1) is 32.5. The first-order valence-electron chi connectivity index (χ1n) is 25.5. The summed E-state index contributed by atoms with van der Waals surface area (Å²) >= 11 is 0. The van der Waals surface area contributed by atoms with Gasteiger partial charge in [-0.15, -0.1) is 6.58 Å². The van der Waals surface area contributed by atoms with Crippen LogP contribution in [0, 0.1) is 17.8 Å². The molecular weight excluding hydrogens is 849 g/mol. The molecule has 2 N–H and O–H groups in total. The molecule has 1 fully saturated rings. The molecule has 0 spiro atoms. The average Bonchev–Trinajstić information content (AvgIpc) is 3.32. The Bertz CT molecular complexity index is 1920. The Morgan fingerprint density at radius 2 is 1.57 bits per heavy atom. The Morgan fingerprint density at radius 3 is 2.21 bits per heavy atom. The van der Waals surface area contributed by atoms with Gasteiger partial charge in [-0.05, 0) is 113 Å². The molecule has 2 aromatic carbocycles. The summed E-state index contributed by atoms with van der Waals surface area (Å²) in [6.07, 6.45) is 21.8. The number of unbranched alkanes of at least 4 members (excludes halogenated alkanes) is 11. The quantitative estimate of drug-likeness (QED) is 0.0336. The van der Waals surface area contributed by atoms with Crippen LogP contribution >= 0.6 is 0 Å². The molecule has 2 aromatic rings. The van der Waals surface area contributed by atoms with E-state index in [0.717, 1.165) is 68.1 Å². The SMILES string of the molecule is C=CCOC12Oc3ccc(Oc4ccc(OC)c(C=O)c4)cc3C3C(CCCCO)C(CCCCO)C=C(C(=NOC(C)(C)C)CC1N(CCC)C(=O)OCCCCCCCCCCCC)C32. The number of ether oxygens (including phenoxy) is 5. The van der Waals surface area contributed by atoms with E-state index in [0.29, 0.717) is 67.4 Å². The Hall–Kier alpha value is -4.39. The van der Waals surface area contributed by atoms with Crippen LogP contribution in [0.15, 0.2) is 65.9 Å². The lowest BCUT2D eigenvalue weighted by molar-refractivity contribution is -0.255. The maximum atomic E-state index is 14.6. The van der Waals surface area contributed by atoms with Crippen LogP contribution in [0.2, 0.25) is 0 Å². The number of rotatable bonds is 30. The minimum Gasteiger partial charge on any atom is -0.496 e. The van der Waals surface area contributed by atoms with Crippen LogP contribution < -0.4 is 14.2 Å². The van der Waals surface area contributed by atoms with Crippen molar-refractivity contribution in [3.05, 3.63) is 71.8 Å². The highest BCUT2D eigenvalue weighted by atomic mass is 16.7. The van der Waals surface area contributed by atoms with Crippen LogP contribution in [0.4, 0.5) is 4.79 Å². The number of amides is 1. The number of fused-ring (bicyclic) bond motifs is 2. The minimum absolute atomic E-state index is 0.0395. The Kier molecular flexibility index (Phi) is 21.6. The number of hydrogen-bond acceptors (Lipinski definition) is 11. The predicted molar refractivity (Wildman–Crippen MR) is 264 cm³/mol. The van der Waals surface area contributed by atoms with E-state index < -0.39 is 29.4 Å². The molecule has 0 aromatic heterocycles. The van der Waals surface area contributed by atoms with E-state index >= 15 is 0 Å². The number of hydrogen-bond donors (Lipinski definition) is 2. The first-order valence-corrected chi connectivity index (χ1v) is 25.5. The molecule has 372 valence electrons. The first kappa shape index (κ1) is 53.6. The summed E-state index contributed by atoms with van der Waals surface area (Å²) in [4.78, 5) is 34.7. The van der Waals surface area contributed by atoms with Gasteiger partial charge in [0.25, 0.3) is 0 Å². The van der Waals surface area contributed by atoms with Gasteiger partial charge >= 0.3 is 6.09 Å². The number of aliphatic hydroxyl groups excluding tert-OH is 2. The van der Waals surface area contributed by atoms with Crippen molar-refractivity contribution in [1.29, 1.82) is 0 Å². The highest BCUT2D eigenvalue weighted by Gasteiger charge is 2.65. The zero-order chi connectivity index (χ0) is 48.2. The molecule has 1 aliphatic heterocycles. The van der Waals surface area contributed by atoms with E-state index in [-0.39, 0.29) is 37.6 Å². The molecule has 1 saturated carbocycles. The van der Waals surface area contributed by atoms with Gasteiger partial charge in [0, 0.05) is 37.7 Å². The minimum atomic E-state index is -1.40. The number of oxime groups is 1. The van der Waals surface area contributed by atoms with Gasteiger partial charge in [-0.3, -0.25) is 9.69 Å². The number of aliphatic hydroxyl groups is 2. The van der Waals surface area contributed by atoms with E-state index in [2.05, 4.69) is 26.5 Å². The molecule has 6 atom stereocenters. The molecule has 1 amide bonds. The lowest BCUT2D eigenvalue weighted by Gasteiger charge is -2.60. The molecular formula is C55H82N2O10. The van der Waals surface area contributed by atoms with Gasteiger partial charge in [-0.25, -0.2) is 4.79 Å². The standard InChI is InChI=1S/C55H82N2O10/c1-8-11-12-13-14-15-16-17-18-23-34-63-53(61)57(30-9-2)50-38-47(56-67-54(4,5)6)45-36-40(24-19-21-31-58)44(25-20-22-32-59)51-46-37-43(65-42-26-28-48(62-7)41(35-42)39-60)27-29-49(46)66-55(50,52(45)51)64-33-10-3/h10,26-29,35-37,39-40,44,50-52,58-59H,3,8-9,11-25,30-34,38H2,1-2,4-7H3. The maximum absolute atomic E-state index is 14.6. The van der Waals surface area contributed by atoms with Crippen LogP contribution in [0.5, 0.6) is 23.0 Å². The number of benzene rings is 2. The van der Waals surface area contributed by atoms with Crippen molar-refractivity contribution in [2.24, 2.45) is 22.9 Å². The van der Waals surface area contributed by atoms with E-state index in [1.807, 2.05) is 43.9 Å². The molecule has 6 unspecified atom stereocenters. The second-order valence-corrected chi connectivity index (χ2v) is 19.6. The molecule has 12 heteroatoms. The van der Waals surface area contributed by atoms with Gasteiger partial charge in [0.05, 0.1) is 37.5 Å². The zero-order valence-corrected chi connectivity index (χ0v) is 41.6. The maximum Gasteiger partial charge on any atom is 0.410 e. The number of carbonyl (C=O) groups is 2. The number of carbonyl (C=O) groups excluding carboxylic acids is 2. The molecule has 0 radical (unpaired) electrons. The summed E-state index contributed by atoms with van der Waals surface area (Å²) in [5, 5.41) is 24.9. The monoisotopic (exact) mass is 931 g/mol. The molecule has 2 aliphatic carbocycles. The van der Waals surface area contributed by atoms with Gasteiger partial charge in [-0.1, -0.05) is 102 Å². The predicted octanol–water partition coefficient (Wildman–Crippen LogP) is 12.5. The fourth-order valence-electron chi connectivity index (χ4n) is 10.4. The van der Waals surface area contributed by atoms with Crippen molar-refractivity contribution in [1.82, 2.24) is 4.90 Å². The fourth-order valence-corrected chi connectivity index (χ4v) is 10.4. The molecule has 0 saturated heterocycles. The van der Waals surface area contributed by atoms with Crippen LogP contribution in [0.1, 0.15) is 172 Å². The second kappa shape index (κ2) is 27.0. The average molecular weight is 931 g/mol. The van der Waals surface area contributed by atoms with E-state index in [1.54, 1.807) is 24.3 Å². The van der Waals surface area contributed by atoms with Crippen LogP contribution in [0.3, 0.4) is 0 Å². The lowest BCUT2D eigenvalue weighted by Crippen LogP contribution is -2.70. The number of nitrogens with zero attached hydrogens (tertiary/aromatic N) is 2. The Balaban J connectivity index is 1.62. The molecule has 1 heterocycles. The summed E-state index contributed by atoms with van der Waals surface area (Å²) < 4.78 is 32.6. The second-order valence-electron chi connectivity index (χ2n) is 19.6. The fraction of sp³-hybridized carbons (Fsp3) is 0.655. The van der Waals surface area contributed by atoms with Crippen molar-refractivity contribution in [2.45, 2.75) is 174 Å². The third-order valence-corrected chi connectivity index (χ3v) is 13.4. The van der Waals surface area contributed by atoms with E-state index in [4.69, 9.17) is 33.7 Å². The smallest absolute Gasteiger partial charge is 0.410 e. The summed E-state index contributed by atoms with van der Waals surface area (Å²) in [5.41, 5.74) is 2.40. The van der Waals surface area contributed by atoms with Gasteiger partial charge in [0.2, 0.25) is 5.79 Å². The zero-order valence-electron chi connectivity index (χ0n) is 41.6. The van der Waals surface area contributed by atoms with Gasteiger partial charge < -0.3 is 38.7 Å².